The number of rotatable bonds is 1. The maximum atomic E-state index is 5.12. The summed E-state index contributed by atoms with van der Waals surface area (Å²) in [5.74, 6) is 0.789. The van der Waals surface area contributed by atoms with Crippen LogP contribution in [0.3, 0.4) is 0 Å². The standard InChI is InChI=1S/C5H9OSi/c7-4-5-1-2-6-3-5/h5H,1-4H2/t5-/m0/s1. The summed E-state index contributed by atoms with van der Waals surface area (Å²) in [6.45, 7) is 1.93. The minimum Gasteiger partial charge on any atom is -0.381 e. The SMILES string of the molecule is [Si]C[C@H]1CCOC1. The van der Waals surface area contributed by atoms with Gasteiger partial charge in [0.25, 0.3) is 0 Å². The van der Waals surface area contributed by atoms with Gasteiger partial charge in [-0.1, -0.05) is 6.04 Å². The van der Waals surface area contributed by atoms with Crippen LogP contribution in [0.1, 0.15) is 6.42 Å². The molecule has 3 radical (unpaired) electrons. The summed E-state index contributed by atoms with van der Waals surface area (Å²) in [4.78, 5) is 0. The van der Waals surface area contributed by atoms with Gasteiger partial charge in [0.2, 0.25) is 0 Å². The van der Waals surface area contributed by atoms with Crippen molar-refractivity contribution >= 4 is 10.2 Å². The third-order valence-corrected chi connectivity index (χ3v) is 1.89. The highest BCUT2D eigenvalue weighted by Crippen LogP contribution is 2.13. The van der Waals surface area contributed by atoms with Crippen molar-refractivity contribution in [3.8, 4) is 0 Å². The number of hydrogen-bond acceptors (Lipinski definition) is 1. The molecule has 1 aliphatic rings. The van der Waals surface area contributed by atoms with Crippen molar-refractivity contribution in [1.29, 1.82) is 0 Å². The van der Waals surface area contributed by atoms with E-state index in [4.69, 9.17) is 4.74 Å². The van der Waals surface area contributed by atoms with Crippen molar-refractivity contribution in [2.24, 2.45) is 5.92 Å². The molecule has 0 bridgehead atoms. The van der Waals surface area contributed by atoms with Gasteiger partial charge >= 0.3 is 0 Å². The molecule has 0 aromatic heterocycles. The highest BCUT2D eigenvalue weighted by molar-refractivity contribution is 6.08. The molecular formula is C5H9OSi. The highest BCUT2D eigenvalue weighted by atomic mass is 28.1. The van der Waals surface area contributed by atoms with Crippen LogP contribution in [0.15, 0.2) is 0 Å². The first-order valence-corrected chi connectivity index (χ1v) is 3.36. The molecular weight excluding hydrogens is 104 g/mol. The summed E-state index contributed by atoms with van der Waals surface area (Å²) < 4.78 is 5.12. The molecule has 0 N–H and O–H groups in total. The van der Waals surface area contributed by atoms with Gasteiger partial charge in [0.1, 0.15) is 0 Å². The van der Waals surface area contributed by atoms with Gasteiger partial charge in [-0.2, -0.15) is 0 Å². The fourth-order valence-electron chi connectivity index (χ4n) is 0.744. The molecule has 0 amide bonds. The molecule has 2 heteroatoms. The van der Waals surface area contributed by atoms with Crippen molar-refractivity contribution in [2.75, 3.05) is 13.2 Å². The molecule has 0 aromatic carbocycles. The zero-order valence-corrected chi connectivity index (χ0v) is 5.31. The fourth-order valence-corrected chi connectivity index (χ4v) is 1.07. The molecule has 39 valence electrons. The van der Waals surface area contributed by atoms with E-state index in [-0.39, 0.29) is 0 Å². The van der Waals surface area contributed by atoms with Crippen LogP contribution in [0.25, 0.3) is 0 Å². The smallest absolute Gasteiger partial charge is 0.0492 e. The molecule has 1 fully saturated rings. The quantitative estimate of drug-likeness (QED) is 0.453. The van der Waals surface area contributed by atoms with E-state index in [0.29, 0.717) is 0 Å². The second-order valence-corrected chi connectivity index (χ2v) is 2.34. The molecule has 1 aliphatic heterocycles. The summed E-state index contributed by atoms with van der Waals surface area (Å²) in [5, 5.41) is 0. The van der Waals surface area contributed by atoms with Crippen LogP contribution in [-0.4, -0.2) is 23.5 Å². The summed E-state index contributed by atoms with van der Waals surface area (Å²) in [6, 6.07) is 1.10. The molecule has 1 rings (SSSR count). The van der Waals surface area contributed by atoms with Gasteiger partial charge in [-0.15, -0.1) is 0 Å². The van der Waals surface area contributed by atoms with E-state index in [0.717, 1.165) is 25.2 Å². The Morgan fingerprint density at radius 3 is 2.86 bits per heavy atom. The first-order chi connectivity index (χ1) is 3.43. The lowest BCUT2D eigenvalue weighted by molar-refractivity contribution is 0.188. The summed E-state index contributed by atoms with van der Waals surface area (Å²) >= 11 is 0. The molecule has 1 atom stereocenters. The van der Waals surface area contributed by atoms with Crippen LogP contribution in [0.2, 0.25) is 6.04 Å². The van der Waals surface area contributed by atoms with Gasteiger partial charge in [-0.25, -0.2) is 0 Å². The van der Waals surface area contributed by atoms with Gasteiger partial charge in [-0.3, -0.25) is 0 Å². The Bertz CT molecular complexity index is 50.0. The van der Waals surface area contributed by atoms with E-state index < -0.39 is 0 Å². The summed E-state index contributed by atoms with van der Waals surface area (Å²) in [5.41, 5.74) is 0. The van der Waals surface area contributed by atoms with Crippen molar-refractivity contribution in [3.05, 3.63) is 0 Å². The second kappa shape index (κ2) is 2.48. The van der Waals surface area contributed by atoms with E-state index in [9.17, 15) is 0 Å². The topological polar surface area (TPSA) is 9.23 Å². The third-order valence-electron chi connectivity index (χ3n) is 1.31. The Labute approximate surface area is 47.5 Å². The molecule has 1 nitrogen and oxygen atoms in total. The average molecular weight is 113 g/mol. The molecule has 1 saturated heterocycles. The van der Waals surface area contributed by atoms with Crippen LogP contribution in [0, 0.1) is 5.92 Å². The minimum atomic E-state index is 0.789. The van der Waals surface area contributed by atoms with E-state index in [1.165, 1.54) is 6.42 Å². The lowest BCUT2D eigenvalue weighted by atomic mass is 10.2. The molecule has 0 aromatic rings. The Hall–Kier alpha value is 0.177. The average Bonchev–Trinajstić information content (AvgIpc) is 2.14. The Morgan fingerprint density at radius 2 is 2.57 bits per heavy atom. The molecule has 1 heterocycles. The van der Waals surface area contributed by atoms with Gasteiger partial charge < -0.3 is 4.74 Å². The molecule has 0 aliphatic carbocycles. The van der Waals surface area contributed by atoms with Crippen LogP contribution >= 0.6 is 0 Å². The fraction of sp³-hybridized carbons (Fsp3) is 1.00. The number of hydrogen-bond donors (Lipinski definition) is 0. The molecule has 7 heavy (non-hydrogen) atoms. The molecule has 0 spiro atoms. The van der Waals surface area contributed by atoms with Crippen molar-refractivity contribution < 1.29 is 4.74 Å². The zero-order valence-electron chi connectivity index (χ0n) is 4.31. The zero-order chi connectivity index (χ0) is 5.11. The highest BCUT2D eigenvalue weighted by Gasteiger charge is 2.11. The predicted octanol–water partition coefficient (Wildman–Crippen LogP) is 0.610. The van der Waals surface area contributed by atoms with Crippen LogP contribution in [0.5, 0.6) is 0 Å². The minimum absolute atomic E-state index is 0.789. The third kappa shape index (κ3) is 1.28. The van der Waals surface area contributed by atoms with E-state index in [2.05, 4.69) is 10.2 Å². The first-order valence-electron chi connectivity index (χ1n) is 2.66. The van der Waals surface area contributed by atoms with Gasteiger partial charge in [-0.05, 0) is 12.3 Å². The van der Waals surface area contributed by atoms with Crippen molar-refractivity contribution in [3.63, 3.8) is 0 Å². The largest absolute Gasteiger partial charge is 0.381 e. The van der Waals surface area contributed by atoms with Gasteiger partial charge in [0.15, 0.2) is 0 Å². The van der Waals surface area contributed by atoms with Gasteiger partial charge in [0, 0.05) is 23.5 Å². The maximum absolute atomic E-state index is 5.12. The van der Waals surface area contributed by atoms with Crippen molar-refractivity contribution in [1.82, 2.24) is 0 Å². The van der Waals surface area contributed by atoms with Crippen molar-refractivity contribution in [2.45, 2.75) is 12.5 Å². The predicted molar refractivity (Wildman–Crippen MR) is 29.5 cm³/mol. The summed E-state index contributed by atoms with van der Waals surface area (Å²) in [6.07, 6.45) is 1.24. The van der Waals surface area contributed by atoms with E-state index in [1.807, 2.05) is 0 Å². The summed E-state index contributed by atoms with van der Waals surface area (Å²) in [7, 11) is 3.44. The molecule has 0 unspecified atom stereocenters. The van der Waals surface area contributed by atoms with E-state index in [1.54, 1.807) is 0 Å². The second-order valence-electron chi connectivity index (χ2n) is 1.93. The molecule has 0 saturated carbocycles. The number of ether oxygens (including phenoxy) is 1. The maximum Gasteiger partial charge on any atom is 0.0492 e. The lowest BCUT2D eigenvalue weighted by Crippen LogP contribution is -1.95. The van der Waals surface area contributed by atoms with E-state index >= 15 is 0 Å². The normalized spacial score (nSPS) is 31.3. The van der Waals surface area contributed by atoms with Gasteiger partial charge in [0.05, 0.1) is 0 Å². The Balaban J connectivity index is 2.14. The van der Waals surface area contributed by atoms with Crippen LogP contribution in [-0.2, 0) is 4.74 Å². The Morgan fingerprint density at radius 1 is 1.71 bits per heavy atom. The monoisotopic (exact) mass is 113 g/mol. The Kier molecular flexibility index (Phi) is 1.88. The van der Waals surface area contributed by atoms with Crippen LogP contribution in [0.4, 0.5) is 0 Å². The lowest BCUT2D eigenvalue weighted by Gasteiger charge is -1.97. The van der Waals surface area contributed by atoms with Crippen LogP contribution < -0.4 is 0 Å². The first kappa shape index (κ1) is 5.32.